The molecule has 2 aromatic heterocycles. The summed E-state index contributed by atoms with van der Waals surface area (Å²) < 4.78 is 14.2. The first-order valence-corrected chi connectivity index (χ1v) is 10.3. The van der Waals surface area contributed by atoms with Crippen LogP contribution in [0.15, 0.2) is 21.5 Å². The van der Waals surface area contributed by atoms with E-state index in [1.807, 2.05) is 19.9 Å². The molecule has 8 heteroatoms. The molecule has 0 unspecified atom stereocenters. The number of aromatic nitrogens is 1. The average molecular weight is 396 g/mol. The Hall–Kier alpha value is -0.300. The van der Waals surface area contributed by atoms with Crippen molar-refractivity contribution in [2.45, 2.75) is 20.0 Å². The van der Waals surface area contributed by atoms with Crippen LogP contribution in [0, 0.1) is 0 Å². The number of pyridine rings is 1. The van der Waals surface area contributed by atoms with Gasteiger partial charge in [0, 0.05) is 0 Å². The molecule has 5 nitrogen and oxygen atoms in total. The molecule has 21 heavy (non-hydrogen) atoms. The van der Waals surface area contributed by atoms with Crippen molar-refractivity contribution in [3.05, 3.63) is 32.0 Å². The van der Waals surface area contributed by atoms with Gasteiger partial charge in [0.1, 0.15) is 0 Å². The maximum atomic E-state index is 12.1. The van der Waals surface area contributed by atoms with Gasteiger partial charge in [-0.2, -0.15) is 0 Å². The van der Waals surface area contributed by atoms with E-state index < -0.39 is 7.94 Å². The molecule has 0 aliphatic carbocycles. The van der Waals surface area contributed by atoms with Crippen LogP contribution >= 0.6 is 35.2 Å². The van der Waals surface area contributed by atoms with E-state index in [2.05, 4.69) is 15.9 Å². The summed E-state index contributed by atoms with van der Waals surface area (Å²) in [6.45, 7) is 4.46. The predicted octanol–water partition coefficient (Wildman–Crippen LogP) is 3.42. The van der Waals surface area contributed by atoms with Crippen molar-refractivity contribution in [2.24, 2.45) is 7.05 Å². The molecular formula is C13H19BrNO4PS. The van der Waals surface area contributed by atoms with E-state index in [0.717, 1.165) is 14.0 Å². The van der Waals surface area contributed by atoms with Gasteiger partial charge in [0.2, 0.25) is 0 Å². The van der Waals surface area contributed by atoms with Gasteiger partial charge in [-0.15, -0.1) is 0 Å². The SMILES string of the molecule is CCO[PH](O)(Cc1cc2c(=O)n(C)cc(Br)c2s1)OCC. The van der Waals surface area contributed by atoms with Gasteiger partial charge in [-0.1, -0.05) is 0 Å². The summed E-state index contributed by atoms with van der Waals surface area (Å²) in [5.41, 5.74) is -0.0475. The second-order valence-electron chi connectivity index (χ2n) is 4.60. The fourth-order valence-corrected chi connectivity index (χ4v) is 6.33. The van der Waals surface area contributed by atoms with E-state index in [4.69, 9.17) is 9.05 Å². The van der Waals surface area contributed by atoms with Crippen LogP contribution in [-0.2, 0) is 22.3 Å². The molecule has 0 bridgehead atoms. The van der Waals surface area contributed by atoms with Gasteiger partial charge in [-0.3, -0.25) is 0 Å². The predicted molar refractivity (Wildman–Crippen MR) is 92.3 cm³/mol. The van der Waals surface area contributed by atoms with Crippen molar-refractivity contribution in [3.63, 3.8) is 0 Å². The van der Waals surface area contributed by atoms with E-state index in [-0.39, 0.29) is 5.56 Å². The summed E-state index contributed by atoms with van der Waals surface area (Å²) in [7, 11) is -1.50. The zero-order chi connectivity index (χ0) is 15.6. The molecule has 0 amide bonds. The number of fused-ring (bicyclic) bond motifs is 1. The number of aryl methyl sites for hydroxylation is 1. The summed E-state index contributed by atoms with van der Waals surface area (Å²) in [6, 6.07) is 1.82. The van der Waals surface area contributed by atoms with Gasteiger partial charge in [-0.25, -0.2) is 0 Å². The van der Waals surface area contributed by atoms with Crippen molar-refractivity contribution in [1.29, 1.82) is 0 Å². The van der Waals surface area contributed by atoms with Gasteiger partial charge in [-0.05, 0) is 0 Å². The zero-order valence-electron chi connectivity index (χ0n) is 12.2. The normalized spacial score (nSPS) is 13.0. The van der Waals surface area contributed by atoms with E-state index >= 15 is 0 Å². The molecule has 0 atom stereocenters. The van der Waals surface area contributed by atoms with Crippen LogP contribution in [0.5, 0.6) is 0 Å². The maximum absolute atomic E-state index is 12.1. The third kappa shape index (κ3) is 3.73. The fraction of sp³-hybridized carbons (Fsp3) is 0.462. The molecule has 0 saturated heterocycles. The Bertz CT molecular complexity index is 693. The van der Waals surface area contributed by atoms with Crippen LogP contribution < -0.4 is 5.56 Å². The third-order valence-corrected chi connectivity index (χ3v) is 7.59. The average Bonchev–Trinajstić information content (AvgIpc) is 2.80. The quantitative estimate of drug-likeness (QED) is 0.761. The van der Waals surface area contributed by atoms with Crippen LogP contribution in [0.25, 0.3) is 10.1 Å². The van der Waals surface area contributed by atoms with E-state index in [1.165, 1.54) is 15.9 Å². The van der Waals surface area contributed by atoms with Crippen LogP contribution in [0.3, 0.4) is 0 Å². The number of hydrogen-bond donors (Lipinski definition) is 1. The first-order chi connectivity index (χ1) is 9.90. The molecule has 0 fully saturated rings. The number of halogens is 1. The monoisotopic (exact) mass is 395 g/mol. The number of thiophene rings is 1. The molecule has 0 spiro atoms. The minimum absolute atomic E-state index is 0.0475. The molecule has 2 aromatic rings. The molecule has 118 valence electrons. The van der Waals surface area contributed by atoms with Gasteiger partial charge >= 0.3 is 136 Å². The molecule has 0 aliphatic rings. The van der Waals surface area contributed by atoms with Crippen LogP contribution in [0.2, 0.25) is 0 Å². The van der Waals surface area contributed by atoms with E-state index in [9.17, 15) is 9.69 Å². The fourth-order valence-electron chi connectivity index (χ4n) is 2.16. The Morgan fingerprint density at radius 2 is 2.00 bits per heavy atom. The minimum atomic E-state index is -3.22. The van der Waals surface area contributed by atoms with Crippen LogP contribution in [-0.4, -0.2) is 22.7 Å². The molecule has 0 aromatic carbocycles. The number of nitrogens with zero attached hydrogens (tertiary/aromatic N) is 1. The van der Waals surface area contributed by atoms with Crippen molar-refractivity contribution in [1.82, 2.24) is 4.57 Å². The summed E-state index contributed by atoms with van der Waals surface area (Å²) in [4.78, 5) is 23.5. The molecule has 0 aliphatic heterocycles. The molecule has 0 radical (unpaired) electrons. The van der Waals surface area contributed by atoms with Gasteiger partial charge in [0.25, 0.3) is 0 Å². The van der Waals surface area contributed by atoms with Crippen molar-refractivity contribution in [3.8, 4) is 0 Å². The Morgan fingerprint density at radius 3 is 2.57 bits per heavy atom. The Labute approximate surface area is 136 Å². The van der Waals surface area contributed by atoms with E-state index in [1.54, 1.807) is 13.2 Å². The van der Waals surface area contributed by atoms with Crippen LogP contribution in [0.1, 0.15) is 18.7 Å². The molecule has 2 rings (SSSR count). The second-order valence-corrected chi connectivity index (χ2v) is 8.95. The van der Waals surface area contributed by atoms with Crippen molar-refractivity contribution in [2.75, 3.05) is 13.2 Å². The standard InChI is InChI=1S/C13H19BrNO4PS/c1-4-18-20(17,19-5-2)8-9-6-10-12(21-9)11(14)7-15(3)13(10)16/h6-7,17,20H,4-5,8H2,1-3H3. The first kappa shape index (κ1) is 17.1. The Balaban J connectivity index is 2.41. The van der Waals surface area contributed by atoms with Crippen LogP contribution in [0.4, 0.5) is 0 Å². The number of hydrogen-bond acceptors (Lipinski definition) is 5. The van der Waals surface area contributed by atoms with E-state index in [0.29, 0.717) is 24.8 Å². The topological polar surface area (TPSA) is 60.7 Å². The Kier molecular flexibility index (Phi) is 5.57. The second kappa shape index (κ2) is 6.86. The molecule has 0 saturated carbocycles. The van der Waals surface area contributed by atoms with Gasteiger partial charge in [0.05, 0.1) is 0 Å². The summed E-state index contributed by atoms with van der Waals surface area (Å²) in [5, 5.41) is 0.649. The molecular weight excluding hydrogens is 377 g/mol. The first-order valence-electron chi connectivity index (χ1n) is 6.68. The summed E-state index contributed by atoms with van der Waals surface area (Å²) >= 11 is 4.95. The van der Waals surface area contributed by atoms with Crippen molar-refractivity contribution < 1.29 is 13.9 Å². The van der Waals surface area contributed by atoms with Gasteiger partial charge in [0.15, 0.2) is 0 Å². The molecule has 2 heterocycles. The number of rotatable bonds is 6. The summed E-state index contributed by atoms with van der Waals surface area (Å²) in [5.74, 6) is 0. The third-order valence-electron chi connectivity index (χ3n) is 3.00. The molecule has 1 N–H and O–H groups in total. The Morgan fingerprint density at radius 1 is 1.38 bits per heavy atom. The van der Waals surface area contributed by atoms with Crippen molar-refractivity contribution >= 4 is 45.3 Å². The zero-order valence-corrected chi connectivity index (χ0v) is 15.6. The summed E-state index contributed by atoms with van der Waals surface area (Å²) in [6.07, 6.45) is 2.07. The van der Waals surface area contributed by atoms with Gasteiger partial charge < -0.3 is 0 Å².